The van der Waals surface area contributed by atoms with Crippen molar-refractivity contribution in [1.29, 1.82) is 0 Å². The predicted molar refractivity (Wildman–Crippen MR) is 70.9 cm³/mol. The quantitative estimate of drug-likeness (QED) is 0.822. The second kappa shape index (κ2) is 6.16. The van der Waals surface area contributed by atoms with Crippen LogP contribution in [0.15, 0.2) is 30.3 Å². The number of benzene rings is 1. The molecule has 0 bridgehead atoms. The predicted octanol–water partition coefficient (Wildman–Crippen LogP) is 2.66. The summed E-state index contributed by atoms with van der Waals surface area (Å²) in [5.74, 6) is 0.488. The largest absolute Gasteiger partial charge is 0.350 e. The van der Waals surface area contributed by atoms with Crippen LogP contribution < -0.4 is 5.32 Å². The molecule has 1 aromatic rings. The maximum Gasteiger partial charge on any atom is 0.242 e. The number of hydrogen-bond acceptors (Lipinski definition) is 2. The SMILES string of the molecule is CSCC(C)(Cl)C(=O)NCc1ccccc1. The molecule has 0 saturated carbocycles. The molecule has 0 spiro atoms. The standard InChI is InChI=1S/C12H16ClNOS/c1-12(13,9-16-2)11(15)14-8-10-6-4-3-5-7-10/h3-7H,8-9H2,1-2H3,(H,14,15). The van der Waals surface area contributed by atoms with E-state index in [0.29, 0.717) is 12.3 Å². The van der Waals surface area contributed by atoms with Crippen molar-refractivity contribution in [3.8, 4) is 0 Å². The van der Waals surface area contributed by atoms with Gasteiger partial charge in [0.1, 0.15) is 4.87 Å². The molecule has 1 amide bonds. The van der Waals surface area contributed by atoms with E-state index in [9.17, 15) is 4.79 Å². The topological polar surface area (TPSA) is 29.1 Å². The van der Waals surface area contributed by atoms with Crippen LogP contribution in [0.1, 0.15) is 12.5 Å². The van der Waals surface area contributed by atoms with E-state index in [1.165, 1.54) is 0 Å². The number of halogens is 1. The third kappa shape index (κ3) is 4.06. The fourth-order valence-corrected chi connectivity index (χ4v) is 2.37. The van der Waals surface area contributed by atoms with Crippen LogP contribution >= 0.6 is 23.4 Å². The van der Waals surface area contributed by atoms with E-state index in [1.54, 1.807) is 18.7 Å². The van der Waals surface area contributed by atoms with Crippen molar-refractivity contribution in [2.75, 3.05) is 12.0 Å². The Hall–Kier alpha value is -0.670. The second-order valence-corrected chi connectivity index (χ2v) is 5.50. The maximum absolute atomic E-state index is 11.8. The number of carbonyl (C=O) groups excluding carboxylic acids is 1. The van der Waals surface area contributed by atoms with Crippen LogP contribution in [-0.4, -0.2) is 22.8 Å². The monoisotopic (exact) mass is 257 g/mol. The van der Waals surface area contributed by atoms with Gasteiger partial charge in [-0.2, -0.15) is 11.8 Å². The van der Waals surface area contributed by atoms with Crippen molar-refractivity contribution in [1.82, 2.24) is 5.32 Å². The number of hydrogen-bond donors (Lipinski definition) is 1. The molecule has 88 valence electrons. The third-order valence-electron chi connectivity index (χ3n) is 2.18. The van der Waals surface area contributed by atoms with E-state index in [2.05, 4.69) is 5.32 Å². The molecular formula is C12H16ClNOS. The first-order valence-electron chi connectivity index (χ1n) is 5.06. The van der Waals surface area contributed by atoms with Crippen molar-refractivity contribution < 1.29 is 4.79 Å². The number of thioether (sulfide) groups is 1. The molecule has 4 heteroatoms. The highest BCUT2D eigenvalue weighted by atomic mass is 35.5. The summed E-state index contributed by atoms with van der Waals surface area (Å²) in [5.41, 5.74) is 1.08. The summed E-state index contributed by atoms with van der Waals surface area (Å²) in [6.07, 6.45) is 1.94. The Morgan fingerprint density at radius 2 is 2.06 bits per heavy atom. The first kappa shape index (κ1) is 13.4. The minimum Gasteiger partial charge on any atom is -0.350 e. The number of rotatable bonds is 5. The van der Waals surface area contributed by atoms with Gasteiger partial charge in [-0.25, -0.2) is 0 Å². The molecule has 1 unspecified atom stereocenters. The van der Waals surface area contributed by atoms with Crippen LogP contribution in [0.3, 0.4) is 0 Å². The molecule has 0 radical (unpaired) electrons. The van der Waals surface area contributed by atoms with Gasteiger partial charge in [0.2, 0.25) is 5.91 Å². The van der Waals surface area contributed by atoms with Crippen molar-refractivity contribution in [2.24, 2.45) is 0 Å². The summed E-state index contributed by atoms with van der Waals surface area (Å²) in [7, 11) is 0. The minimum atomic E-state index is -0.825. The van der Waals surface area contributed by atoms with Gasteiger partial charge in [-0.05, 0) is 18.7 Å². The van der Waals surface area contributed by atoms with Crippen LogP contribution in [0.5, 0.6) is 0 Å². The van der Waals surface area contributed by atoms with E-state index in [0.717, 1.165) is 5.56 Å². The molecule has 0 fully saturated rings. The zero-order chi connectivity index (χ0) is 12.0. The molecule has 0 saturated heterocycles. The van der Waals surface area contributed by atoms with E-state index in [4.69, 9.17) is 11.6 Å². The summed E-state index contributed by atoms with van der Waals surface area (Å²) in [4.78, 5) is 10.9. The van der Waals surface area contributed by atoms with Crippen molar-refractivity contribution in [3.05, 3.63) is 35.9 Å². The number of carbonyl (C=O) groups is 1. The van der Waals surface area contributed by atoms with Gasteiger partial charge < -0.3 is 5.32 Å². The molecule has 1 aromatic carbocycles. The summed E-state index contributed by atoms with van der Waals surface area (Å²) in [6.45, 7) is 2.27. The Bertz CT molecular complexity index is 340. The van der Waals surface area contributed by atoms with Gasteiger partial charge in [0.05, 0.1) is 0 Å². The van der Waals surface area contributed by atoms with Gasteiger partial charge in [0, 0.05) is 12.3 Å². The van der Waals surface area contributed by atoms with Crippen LogP contribution in [0, 0.1) is 0 Å². The molecule has 0 aliphatic carbocycles. The number of alkyl halides is 1. The van der Waals surface area contributed by atoms with Crippen molar-refractivity contribution in [2.45, 2.75) is 18.3 Å². The second-order valence-electron chi connectivity index (χ2n) is 3.80. The molecule has 16 heavy (non-hydrogen) atoms. The zero-order valence-electron chi connectivity index (χ0n) is 9.50. The highest BCUT2D eigenvalue weighted by Crippen LogP contribution is 2.19. The fourth-order valence-electron chi connectivity index (χ4n) is 1.30. The first-order valence-corrected chi connectivity index (χ1v) is 6.83. The molecule has 0 aliphatic rings. The molecular weight excluding hydrogens is 242 g/mol. The summed E-state index contributed by atoms with van der Waals surface area (Å²) < 4.78 is 0. The molecule has 1 N–H and O–H groups in total. The normalized spacial score (nSPS) is 14.2. The lowest BCUT2D eigenvalue weighted by molar-refractivity contribution is -0.122. The lowest BCUT2D eigenvalue weighted by Crippen LogP contribution is -2.41. The Kier molecular flexibility index (Phi) is 5.16. The lowest BCUT2D eigenvalue weighted by Gasteiger charge is -2.19. The Balaban J connectivity index is 2.47. The number of amides is 1. The zero-order valence-corrected chi connectivity index (χ0v) is 11.1. The first-order chi connectivity index (χ1) is 7.56. The Labute approximate surface area is 106 Å². The average molecular weight is 258 g/mol. The van der Waals surface area contributed by atoms with Crippen LogP contribution in [0.4, 0.5) is 0 Å². The van der Waals surface area contributed by atoms with Crippen LogP contribution in [0.2, 0.25) is 0 Å². The average Bonchev–Trinajstić information content (AvgIpc) is 2.27. The number of nitrogens with one attached hydrogen (secondary N) is 1. The Morgan fingerprint density at radius 3 is 2.62 bits per heavy atom. The molecule has 1 rings (SSSR count). The highest BCUT2D eigenvalue weighted by Gasteiger charge is 2.29. The van der Waals surface area contributed by atoms with Gasteiger partial charge in [0.15, 0.2) is 0 Å². The van der Waals surface area contributed by atoms with Crippen molar-refractivity contribution in [3.63, 3.8) is 0 Å². The van der Waals surface area contributed by atoms with E-state index < -0.39 is 4.87 Å². The molecule has 0 aliphatic heterocycles. The summed E-state index contributed by atoms with van der Waals surface area (Å²) >= 11 is 7.69. The smallest absolute Gasteiger partial charge is 0.242 e. The van der Waals surface area contributed by atoms with E-state index in [-0.39, 0.29) is 5.91 Å². The molecule has 0 heterocycles. The van der Waals surface area contributed by atoms with Gasteiger partial charge in [-0.1, -0.05) is 30.3 Å². The fraction of sp³-hybridized carbons (Fsp3) is 0.417. The van der Waals surface area contributed by atoms with Crippen LogP contribution in [0.25, 0.3) is 0 Å². The molecule has 2 nitrogen and oxygen atoms in total. The van der Waals surface area contributed by atoms with Gasteiger partial charge in [-0.15, -0.1) is 11.6 Å². The highest BCUT2D eigenvalue weighted by molar-refractivity contribution is 7.98. The van der Waals surface area contributed by atoms with Crippen molar-refractivity contribution >= 4 is 29.3 Å². The lowest BCUT2D eigenvalue weighted by atomic mass is 10.1. The van der Waals surface area contributed by atoms with Crippen LogP contribution in [-0.2, 0) is 11.3 Å². The summed E-state index contributed by atoms with van der Waals surface area (Å²) in [5, 5.41) is 2.84. The van der Waals surface area contributed by atoms with E-state index in [1.807, 2.05) is 36.6 Å². The minimum absolute atomic E-state index is 0.118. The molecule has 0 aromatic heterocycles. The Morgan fingerprint density at radius 1 is 1.44 bits per heavy atom. The molecule has 1 atom stereocenters. The van der Waals surface area contributed by atoms with Gasteiger partial charge in [0.25, 0.3) is 0 Å². The van der Waals surface area contributed by atoms with Gasteiger partial charge >= 0.3 is 0 Å². The van der Waals surface area contributed by atoms with Gasteiger partial charge in [-0.3, -0.25) is 4.79 Å². The third-order valence-corrected chi connectivity index (χ3v) is 3.51. The van der Waals surface area contributed by atoms with E-state index >= 15 is 0 Å². The maximum atomic E-state index is 11.8. The summed E-state index contributed by atoms with van der Waals surface area (Å²) in [6, 6.07) is 9.79.